The molecule has 0 heterocycles. The molecule has 1 unspecified atom stereocenters. The lowest BCUT2D eigenvalue weighted by Gasteiger charge is -2.23. The van der Waals surface area contributed by atoms with E-state index in [4.69, 9.17) is 10.5 Å². The van der Waals surface area contributed by atoms with Crippen LogP contribution >= 0.6 is 12.4 Å². The summed E-state index contributed by atoms with van der Waals surface area (Å²) in [6.07, 6.45) is 2.55. The zero-order valence-electron chi connectivity index (χ0n) is 12.0. The Morgan fingerprint density at radius 3 is 2.50 bits per heavy atom. The molecule has 0 aliphatic heterocycles. The van der Waals surface area contributed by atoms with Crippen LogP contribution in [0.25, 0.3) is 0 Å². The van der Waals surface area contributed by atoms with Crippen LogP contribution in [-0.2, 0) is 0 Å². The van der Waals surface area contributed by atoms with Gasteiger partial charge in [0.1, 0.15) is 5.75 Å². The zero-order chi connectivity index (χ0) is 13.8. The summed E-state index contributed by atoms with van der Waals surface area (Å²) in [5, 5.41) is 0. The van der Waals surface area contributed by atoms with Crippen molar-refractivity contribution in [3.8, 4) is 5.75 Å². The molecule has 2 N–H and O–H groups in total. The second kappa shape index (κ2) is 7.50. The van der Waals surface area contributed by atoms with Gasteiger partial charge in [0.2, 0.25) is 0 Å². The minimum Gasteiger partial charge on any atom is -0.493 e. The first-order chi connectivity index (χ1) is 9.11. The number of carbonyl (C=O) groups is 1. The molecular formula is C15H23ClN2O2. The van der Waals surface area contributed by atoms with Gasteiger partial charge in [0.25, 0.3) is 5.91 Å². The van der Waals surface area contributed by atoms with Crippen molar-refractivity contribution in [2.45, 2.75) is 25.8 Å². The Bertz CT molecular complexity index is 432. The summed E-state index contributed by atoms with van der Waals surface area (Å²) in [5.41, 5.74) is 6.24. The van der Waals surface area contributed by atoms with Crippen LogP contribution in [0.4, 0.5) is 0 Å². The minimum absolute atomic E-state index is 0. The monoisotopic (exact) mass is 298 g/mol. The van der Waals surface area contributed by atoms with E-state index in [2.05, 4.69) is 0 Å². The molecule has 0 saturated heterocycles. The fourth-order valence-corrected chi connectivity index (χ4v) is 1.75. The van der Waals surface area contributed by atoms with Gasteiger partial charge in [-0.05, 0) is 49.9 Å². The quantitative estimate of drug-likeness (QED) is 0.877. The number of benzene rings is 1. The highest BCUT2D eigenvalue weighted by molar-refractivity contribution is 5.94. The first-order valence-electron chi connectivity index (χ1n) is 6.82. The van der Waals surface area contributed by atoms with Crippen molar-refractivity contribution in [3.05, 3.63) is 29.8 Å². The third-order valence-corrected chi connectivity index (χ3v) is 3.61. The molecule has 5 heteroatoms. The molecule has 1 aromatic carbocycles. The fourth-order valence-electron chi connectivity index (χ4n) is 1.75. The van der Waals surface area contributed by atoms with E-state index in [0.29, 0.717) is 12.1 Å². The van der Waals surface area contributed by atoms with E-state index < -0.39 is 0 Å². The third-order valence-electron chi connectivity index (χ3n) is 3.61. The molecule has 1 atom stereocenters. The van der Waals surface area contributed by atoms with E-state index in [0.717, 1.165) is 18.3 Å². The predicted octanol–water partition coefficient (Wildman–Crippen LogP) is 2.32. The van der Waals surface area contributed by atoms with Crippen molar-refractivity contribution < 1.29 is 9.53 Å². The molecule has 112 valence electrons. The van der Waals surface area contributed by atoms with Gasteiger partial charge in [-0.1, -0.05) is 0 Å². The van der Waals surface area contributed by atoms with Crippen LogP contribution in [-0.4, -0.2) is 37.0 Å². The topological polar surface area (TPSA) is 55.6 Å². The molecule has 1 saturated carbocycles. The summed E-state index contributed by atoms with van der Waals surface area (Å²) in [5.74, 6) is 1.56. The van der Waals surface area contributed by atoms with Crippen molar-refractivity contribution in [1.29, 1.82) is 0 Å². The summed E-state index contributed by atoms with van der Waals surface area (Å²) >= 11 is 0. The van der Waals surface area contributed by atoms with Gasteiger partial charge in [0.05, 0.1) is 6.61 Å². The van der Waals surface area contributed by atoms with Crippen LogP contribution in [0.5, 0.6) is 5.75 Å². The first-order valence-corrected chi connectivity index (χ1v) is 6.82. The minimum atomic E-state index is -0.00769. The number of hydrogen-bond acceptors (Lipinski definition) is 3. The highest BCUT2D eigenvalue weighted by Crippen LogP contribution is 2.29. The van der Waals surface area contributed by atoms with Crippen molar-refractivity contribution in [2.24, 2.45) is 11.7 Å². The molecular weight excluding hydrogens is 276 g/mol. The summed E-state index contributed by atoms with van der Waals surface area (Å²) in [6, 6.07) is 7.38. The van der Waals surface area contributed by atoms with E-state index in [-0.39, 0.29) is 24.4 Å². The largest absolute Gasteiger partial charge is 0.493 e. The lowest BCUT2D eigenvalue weighted by Crippen LogP contribution is -2.39. The maximum atomic E-state index is 12.2. The highest BCUT2D eigenvalue weighted by atomic mass is 35.5. The lowest BCUT2D eigenvalue weighted by molar-refractivity contribution is 0.0748. The van der Waals surface area contributed by atoms with Gasteiger partial charge in [0, 0.05) is 25.2 Å². The van der Waals surface area contributed by atoms with Gasteiger partial charge in [-0.3, -0.25) is 4.79 Å². The van der Waals surface area contributed by atoms with Crippen molar-refractivity contribution in [3.63, 3.8) is 0 Å². The SMILES string of the molecule is CC(CN)N(C)C(=O)c1ccc(OCC2CC2)cc1.Cl. The number of amides is 1. The van der Waals surface area contributed by atoms with Gasteiger partial charge < -0.3 is 15.4 Å². The van der Waals surface area contributed by atoms with Crippen molar-refractivity contribution in [2.75, 3.05) is 20.2 Å². The standard InChI is InChI=1S/C15H22N2O2.ClH/c1-11(9-16)17(2)15(18)13-5-7-14(8-6-13)19-10-12-3-4-12;/h5-8,11-12H,3-4,9-10,16H2,1-2H3;1H. The molecule has 0 bridgehead atoms. The first kappa shape index (κ1) is 16.8. The number of ether oxygens (including phenoxy) is 1. The summed E-state index contributed by atoms with van der Waals surface area (Å²) in [4.78, 5) is 13.8. The van der Waals surface area contributed by atoms with Gasteiger partial charge in [-0.2, -0.15) is 0 Å². The number of rotatable bonds is 6. The molecule has 1 aliphatic carbocycles. The van der Waals surface area contributed by atoms with Gasteiger partial charge in [-0.15, -0.1) is 12.4 Å². The third kappa shape index (κ3) is 4.39. The maximum Gasteiger partial charge on any atom is 0.253 e. The number of halogens is 1. The van der Waals surface area contributed by atoms with Crippen LogP contribution < -0.4 is 10.5 Å². The van der Waals surface area contributed by atoms with Crippen LogP contribution in [0.3, 0.4) is 0 Å². The van der Waals surface area contributed by atoms with Crippen molar-refractivity contribution >= 4 is 18.3 Å². The molecule has 4 nitrogen and oxygen atoms in total. The van der Waals surface area contributed by atoms with Crippen LogP contribution in [0, 0.1) is 5.92 Å². The van der Waals surface area contributed by atoms with E-state index in [1.165, 1.54) is 12.8 Å². The molecule has 1 aliphatic rings. The normalized spacial score (nSPS) is 15.2. The maximum absolute atomic E-state index is 12.2. The van der Waals surface area contributed by atoms with Crippen molar-refractivity contribution in [1.82, 2.24) is 4.90 Å². The van der Waals surface area contributed by atoms with E-state index in [1.54, 1.807) is 11.9 Å². The van der Waals surface area contributed by atoms with Crippen LogP contribution in [0.2, 0.25) is 0 Å². The Hall–Kier alpha value is -1.26. The molecule has 0 aromatic heterocycles. The van der Waals surface area contributed by atoms with Crippen LogP contribution in [0.15, 0.2) is 24.3 Å². The van der Waals surface area contributed by atoms with E-state index in [1.807, 2.05) is 31.2 Å². The second-order valence-electron chi connectivity index (χ2n) is 5.28. The number of nitrogens with zero attached hydrogens (tertiary/aromatic N) is 1. The molecule has 20 heavy (non-hydrogen) atoms. The van der Waals surface area contributed by atoms with E-state index in [9.17, 15) is 4.79 Å². The average molecular weight is 299 g/mol. The summed E-state index contributed by atoms with van der Waals surface area (Å²) < 4.78 is 5.65. The smallest absolute Gasteiger partial charge is 0.253 e. The Morgan fingerprint density at radius 2 is 2.00 bits per heavy atom. The molecule has 1 aromatic rings. The number of nitrogens with two attached hydrogens (primary N) is 1. The lowest BCUT2D eigenvalue weighted by atomic mass is 10.1. The zero-order valence-corrected chi connectivity index (χ0v) is 12.9. The molecule has 0 radical (unpaired) electrons. The summed E-state index contributed by atoms with van der Waals surface area (Å²) in [6.45, 7) is 3.19. The van der Waals surface area contributed by atoms with Gasteiger partial charge >= 0.3 is 0 Å². The highest BCUT2D eigenvalue weighted by Gasteiger charge is 2.22. The molecule has 1 fully saturated rings. The van der Waals surface area contributed by atoms with Crippen LogP contribution in [0.1, 0.15) is 30.1 Å². The van der Waals surface area contributed by atoms with Gasteiger partial charge in [0.15, 0.2) is 0 Å². The average Bonchev–Trinajstić information content (AvgIpc) is 3.27. The Labute approximate surface area is 126 Å². The van der Waals surface area contributed by atoms with E-state index >= 15 is 0 Å². The second-order valence-corrected chi connectivity index (χ2v) is 5.28. The number of hydrogen-bond donors (Lipinski definition) is 1. The fraction of sp³-hybridized carbons (Fsp3) is 0.533. The Balaban J connectivity index is 0.00000200. The Kier molecular flexibility index (Phi) is 6.30. The molecule has 0 spiro atoms. The van der Waals surface area contributed by atoms with Gasteiger partial charge in [-0.25, -0.2) is 0 Å². The molecule has 2 rings (SSSR count). The predicted molar refractivity (Wildman–Crippen MR) is 82.5 cm³/mol. The Morgan fingerprint density at radius 1 is 1.40 bits per heavy atom. The number of carbonyl (C=O) groups excluding carboxylic acids is 1. The number of likely N-dealkylation sites (N-methyl/N-ethyl adjacent to an activating group) is 1. The summed E-state index contributed by atoms with van der Waals surface area (Å²) in [7, 11) is 1.78. The molecule has 1 amide bonds.